The van der Waals surface area contributed by atoms with Gasteiger partial charge in [0.05, 0.1) is 11.0 Å². The molecule has 4 aromatic rings. The molecule has 0 atom stereocenters. The van der Waals surface area contributed by atoms with Crippen molar-refractivity contribution < 1.29 is 8.42 Å². The Kier molecular flexibility index (Phi) is 3.32. The number of nitrogens with zero attached hydrogens (tertiary/aromatic N) is 5. The minimum atomic E-state index is -3.70. The zero-order valence-corrected chi connectivity index (χ0v) is 15.5. The van der Waals surface area contributed by atoms with E-state index < -0.39 is 10.0 Å². The van der Waals surface area contributed by atoms with Crippen LogP contribution in [0, 0.1) is 0 Å². The minimum absolute atomic E-state index is 0.273. The number of thiophene rings is 1. The van der Waals surface area contributed by atoms with Crippen LogP contribution in [-0.2, 0) is 10.0 Å². The zero-order chi connectivity index (χ0) is 17.9. The maximum absolute atomic E-state index is 13.0. The van der Waals surface area contributed by atoms with E-state index in [1.54, 1.807) is 17.5 Å². The van der Waals surface area contributed by atoms with Gasteiger partial charge in [-0.1, -0.05) is 18.2 Å². The average molecular weight is 385 g/mol. The highest BCUT2D eigenvalue weighted by Crippen LogP contribution is 2.40. The molecule has 7 nitrogen and oxygen atoms in total. The van der Waals surface area contributed by atoms with Gasteiger partial charge in [0.25, 0.3) is 10.0 Å². The predicted molar refractivity (Wildman–Crippen MR) is 100 cm³/mol. The molecule has 0 saturated heterocycles. The Morgan fingerprint density at radius 1 is 1.15 bits per heavy atom. The summed E-state index contributed by atoms with van der Waals surface area (Å²) in [5, 5.41) is 10.4. The minimum Gasteiger partial charge on any atom is -0.274 e. The second kappa shape index (κ2) is 5.49. The molecule has 0 bridgehead atoms. The number of hydrogen-bond acceptors (Lipinski definition) is 6. The summed E-state index contributed by atoms with van der Waals surface area (Å²) in [5.41, 5.74) is 2.07. The lowest BCUT2D eigenvalue weighted by Crippen LogP contribution is -2.27. The number of hydrogen-bond donors (Lipinski definition) is 0. The van der Waals surface area contributed by atoms with Gasteiger partial charge < -0.3 is 0 Å². The van der Waals surface area contributed by atoms with E-state index in [-0.39, 0.29) is 10.0 Å². The van der Waals surface area contributed by atoms with E-state index in [1.165, 1.54) is 22.7 Å². The van der Waals surface area contributed by atoms with Crippen molar-refractivity contribution >= 4 is 43.9 Å². The fourth-order valence-corrected chi connectivity index (χ4v) is 5.37. The van der Waals surface area contributed by atoms with Gasteiger partial charge >= 0.3 is 0 Å². The van der Waals surface area contributed by atoms with E-state index in [9.17, 15) is 8.42 Å². The third-order valence-electron chi connectivity index (χ3n) is 4.59. The third-order valence-corrected chi connectivity index (χ3v) is 7.71. The van der Waals surface area contributed by atoms with Gasteiger partial charge in [-0.25, -0.2) is 17.7 Å². The molecule has 0 radical (unpaired) electrons. The SMILES string of the molecule is CN(c1nc2ccccc2n2c(C3CC3)nnc12)S(=O)(=O)c1cccs1. The van der Waals surface area contributed by atoms with Crippen LogP contribution in [-0.4, -0.2) is 35.0 Å². The summed E-state index contributed by atoms with van der Waals surface area (Å²) >= 11 is 1.18. The Morgan fingerprint density at radius 3 is 2.69 bits per heavy atom. The van der Waals surface area contributed by atoms with Crippen LogP contribution in [0.4, 0.5) is 5.82 Å². The van der Waals surface area contributed by atoms with E-state index >= 15 is 0 Å². The number of rotatable bonds is 4. The Hall–Kier alpha value is -2.52. The lowest BCUT2D eigenvalue weighted by Gasteiger charge is -2.18. The smallest absolute Gasteiger partial charge is 0.274 e. The molecule has 0 amide bonds. The van der Waals surface area contributed by atoms with Gasteiger partial charge in [0.2, 0.25) is 5.65 Å². The molecule has 1 aromatic carbocycles. The first-order valence-electron chi connectivity index (χ1n) is 8.23. The van der Waals surface area contributed by atoms with Gasteiger partial charge in [0, 0.05) is 13.0 Å². The quantitative estimate of drug-likeness (QED) is 0.539. The molecule has 0 spiro atoms. The number of aromatic nitrogens is 4. The zero-order valence-electron chi connectivity index (χ0n) is 13.9. The molecule has 5 rings (SSSR count). The van der Waals surface area contributed by atoms with Crippen LogP contribution >= 0.6 is 11.3 Å². The molecule has 26 heavy (non-hydrogen) atoms. The van der Waals surface area contributed by atoms with Crippen molar-refractivity contribution in [2.45, 2.75) is 23.0 Å². The molecule has 0 aliphatic heterocycles. The molecule has 3 aromatic heterocycles. The fraction of sp³-hybridized carbons (Fsp3) is 0.235. The first-order chi connectivity index (χ1) is 12.6. The summed E-state index contributed by atoms with van der Waals surface area (Å²) < 4.78 is 29.4. The highest BCUT2D eigenvalue weighted by Gasteiger charge is 2.32. The van der Waals surface area contributed by atoms with Crippen molar-refractivity contribution in [3.8, 4) is 0 Å². The van der Waals surface area contributed by atoms with Gasteiger partial charge in [0.15, 0.2) is 5.82 Å². The Balaban J connectivity index is 1.80. The van der Waals surface area contributed by atoms with Crippen LogP contribution in [0.2, 0.25) is 0 Å². The van der Waals surface area contributed by atoms with E-state index in [0.29, 0.717) is 17.1 Å². The third kappa shape index (κ3) is 2.24. The van der Waals surface area contributed by atoms with Gasteiger partial charge in [-0.15, -0.1) is 21.5 Å². The highest BCUT2D eigenvalue weighted by atomic mass is 32.2. The van der Waals surface area contributed by atoms with Crippen LogP contribution < -0.4 is 4.31 Å². The first kappa shape index (κ1) is 15.7. The monoisotopic (exact) mass is 385 g/mol. The van der Waals surface area contributed by atoms with E-state index in [4.69, 9.17) is 0 Å². The van der Waals surface area contributed by atoms with Gasteiger partial charge in [-0.05, 0) is 36.4 Å². The molecule has 1 fully saturated rings. The van der Waals surface area contributed by atoms with E-state index in [2.05, 4.69) is 15.2 Å². The number of para-hydroxylation sites is 2. The topological polar surface area (TPSA) is 80.5 Å². The molecular formula is C17H15N5O2S2. The summed E-state index contributed by atoms with van der Waals surface area (Å²) in [6.45, 7) is 0. The Labute approximate surface area is 154 Å². The lowest BCUT2D eigenvalue weighted by molar-refractivity contribution is 0.596. The molecule has 3 heterocycles. The van der Waals surface area contributed by atoms with Crippen molar-refractivity contribution in [2.24, 2.45) is 0 Å². The maximum atomic E-state index is 13.0. The van der Waals surface area contributed by atoms with Gasteiger partial charge in [-0.3, -0.25) is 4.40 Å². The summed E-state index contributed by atoms with van der Waals surface area (Å²) in [7, 11) is -2.18. The molecule has 132 valence electrons. The number of fused-ring (bicyclic) bond motifs is 3. The molecule has 1 aliphatic carbocycles. The molecule has 9 heteroatoms. The van der Waals surface area contributed by atoms with Crippen LogP contribution in [0.3, 0.4) is 0 Å². The predicted octanol–water partition coefficient (Wildman–Crippen LogP) is 3.04. The second-order valence-corrected chi connectivity index (χ2v) is 9.46. The molecule has 1 saturated carbocycles. The van der Waals surface area contributed by atoms with E-state index in [0.717, 1.165) is 24.2 Å². The van der Waals surface area contributed by atoms with E-state index in [1.807, 2.05) is 28.7 Å². The van der Waals surface area contributed by atoms with Gasteiger partial charge in [-0.2, -0.15) is 0 Å². The second-order valence-electron chi connectivity index (χ2n) is 6.32. The molecule has 0 unspecified atom stereocenters. The summed E-state index contributed by atoms with van der Waals surface area (Å²) in [4.78, 5) is 4.60. The average Bonchev–Trinajstić information content (AvgIpc) is 3.16. The summed E-state index contributed by atoms with van der Waals surface area (Å²) in [6, 6.07) is 11.0. The first-order valence-corrected chi connectivity index (χ1v) is 10.6. The summed E-state index contributed by atoms with van der Waals surface area (Å²) in [6.07, 6.45) is 2.16. The number of benzene rings is 1. The van der Waals surface area contributed by atoms with Crippen molar-refractivity contribution in [3.05, 3.63) is 47.6 Å². The van der Waals surface area contributed by atoms with Gasteiger partial charge in [0.1, 0.15) is 10.0 Å². The maximum Gasteiger partial charge on any atom is 0.274 e. The standard InChI is InChI=1S/C17H15N5O2S2/c1-21(26(23,24)14-7-4-10-25-14)16-17-20-19-15(11-8-9-11)22(17)13-6-3-2-5-12(13)18-16/h2-7,10-11H,8-9H2,1H3. The lowest BCUT2D eigenvalue weighted by atomic mass is 10.3. The van der Waals surface area contributed by atoms with Crippen LogP contribution in [0.15, 0.2) is 46.0 Å². The highest BCUT2D eigenvalue weighted by molar-refractivity contribution is 7.94. The van der Waals surface area contributed by atoms with Crippen LogP contribution in [0.25, 0.3) is 16.7 Å². The summed E-state index contributed by atoms with van der Waals surface area (Å²) in [5.74, 6) is 1.54. The Morgan fingerprint density at radius 2 is 1.96 bits per heavy atom. The molecule has 0 N–H and O–H groups in total. The molecule has 1 aliphatic rings. The van der Waals surface area contributed by atoms with Crippen LogP contribution in [0.1, 0.15) is 24.6 Å². The fourth-order valence-electron chi connectivity index (χ4n) is 3.07. The Bertz CT molecular complexity index is 1230. The number of sulfonamides is 1. The largest absolute Gasteiger partial charge is 0.274 e. The van der Waals surface area contributed by atoms with Crippen molar-refractivity contribution in [1.82, 2.24) is 19.6 Å². The molecular weight excluding hydrogens is 370 g/mol. The van der Waals surface area contributed by atoms with Crippen LogP contribution in [0.5, 0.6) is 0 Å². The van der Waals surface area contributed by atoms with Crippen molar-refractivity contribution in [1.29, 1.82) is 0 Å². The van der Waals surface area contributed by atoms with Crippen molar-refractivity contribution in [2.75, 3.05) is 11.4 Å². The van der Waals surface area contributed by atoms with Crippen molar-refractivity contribution in [3.63, 3.8) is 0 Å². The number of anilines is 1. The normalized spacial score (nSPS) is 15.0.